The zero-order chi connectivity index (χ0) is 11.4. The van der Waals surface area contributed by atoms with Gasteiger partial charge in [-0.25, -0.2) is 9.97 Å². The first-order valence-corrected chi connectivity index (χ1v) is 5.21. The molecule has 82 valence electrons. The zero-order valence-electron chi connectivity index (χ0n) is 9.14. The highest BCUT2D eigenvalue weighted by atomic mass is 15.0. The van der Waals surface area contributed by atoms with Gasteiger partial charge in [0, 0.05) is 5.69 Å². The molecule has 0 aliphatic rings. The number of benzene rings is 1. The maximum atomic E-state index is 5.77. The van der Waals surface area contributed by atoms with Crippen LogP contribution >= 0.6 is 0 Å². The van der Waals surface area contributed by atoms with Crippen LogP contribution in [0.25, 0.3) is 0 Å². The van der Waals surface area contributed by atoms with Gasteiger partial charge < -0.3 is 11.1 Å². The van der Waals surface area contributed by atoms with Crippen LogP contribution in [0.1, 0.15) is 12.5 Å². The Hall–Kier alpha value is -2.10. The molecule has 2 aromatic rings. The number of hydrogen-bond donors (Lipinski definition) is 2. The second-order valence-corrected chi connectivity index (χ2v) is 3.46. The van der Waals surface area contributed by atoms with Gasteiger partial charge in [0.25, 0.3) is 0 Å². The van der Waals surface area contributed by atoms with Crippen LogP contribution in [0.15, 0.2) is 36.8 Å². The maximum Gasteiger partial charge on any atom is 0.157 e. The van der Waals surface area contributed by atoms with E-state index in [0.717, 1.165) is 12.1 Å². The molecule has 4 nitrogen and oxygen atoms in total. The van der Waals surface area contributed by atoms with E-state index in [1.165, 1.54) is 11.9 Å². The summed E-state index contributed by atoms with van der Waals surface area (Å²) in [6.45, 7) is 2.11. The molecular formula is C12H14N4. The molecule has 2 rings (SSSR count). The summed E-state index contributed by atoms with van der Waals surface area (Å²) in [5.74, 6) is 0.649. The van der Waals surface area contributed by atoms with Crippen molar-refractivity contribution in [3.8, 4) is 0 Å². The third-order valence-corrected chi connectivity index (χ3v) is 2.39. The average molecular weight is 214 g/mol. The maximum absolute atomic E-state index is 5.77. The van der Waals surface area contributed by atoms with Gasteiger partial charge in [0.15, 0.2) is 5.82 Å². The van der Waals surface area contributed by atoms with Crippen molar-refractivity contribution in [3.63, 3.8) is 0 Å². The van der Waals surface area contributed by atoms with Crippen molar-refractivity contribution in [2.45, 2.75) is 13.3 Å². The van der Waals surface area contributed by atoms with Gasteiger partial charge in [-0.15, -0.1) is 0 Å². The van der Waals surface area contributed by atoms with E-state index >= 15 is 0 Å². The minimum absolute atomic E-state index is 0.549. The molecule has 0 radical (unpaired) electrons. The molecule has 1 aromatic carbocycles. The predicted molar refractivity (Wildman–Crippen MR) is 65.5 cm³/mol. The van der Waals surface area contributed by atoms with Crippen LogP contribution in [0.5, 0.6) is 0 Å². The van der Waals surface area contributed by atoms with E-state index in [2.05, 4.69) is 28.3 Å². The molecule has 0 unspecified atom stereocenters. The monoisotopic (exact) mass is 214 g/mol. The van der Waals surface area contributed by atoms with Crippen LogP contribution < -0.4 is 11.1 Å². The van der Waals surface area contributed by atoms with Crippen LogP contribution in [0.3, 0.4) is 0 Å². The summed E-state index contributed by atoms with van der Waals surface area (Å²) in [6, 6.07) is 8.10. The Labute approximate surface area is 94.5 Å². The normalized spacial score (nSPS) is 10.1. The van der Waals surface area contributed by atoms with Gasteiger partial charge in [-0.2, -0.15) is 0 Å². The number of hydrogen-bond acceptors (Lipinski definition) is 4. The van der Waals surface area contributed by atoms with Crippen LogP contribution in [-0.4, -0.2) is 9.97 Å². The highest BCUT2D eigenvalue weighted by Gasteiger charge is 2.03. The molecule has 0 bridgehead atoms. The molecule has 0 aliphatic heterocycles. The summed E-state index contributed by atoms with van der Waals surface area (Å²) in [4.78, 5) is 7.95. The van der Waals surface area contributed by atoms with E-state index in [0.29, 0.717) is 11.5 Å². The van der Waals surface area contributed by atoms with E-state index in [1.54, 1.807) is 6.20 Å². The SMILES string of the molecule is CCc1ccccc1Nc1ncncc1N. The van der Waals surface area contributed by atoms with Crippen LogP contribution in [0.2, 0.25) is 0 Å². The molecule has 4 heteroatoms. The molecule has 0 atom stereocenters. The van der Waals surface area contributed by atoms with Gasteiger partial charge in [-0.3, -0.25) is 0 Å². The van der Waals surface area contributed by atoms with Gasteiger partial charge in [-0.1, -0.05) is 25.1 Å². The van der Waals surface area contributed by atoms with Gasteiger partial charge in [0.05, 0.1) is 11.9 Å². The third kappa shape index (κ3) is 2.11. The molecule has 1 aromatic heterocycles. The molecule has 3 N–H and O–H groups in total. The first kappa shape index (κ1) is 10.4. The van der Waals surface area contributed by atoms with E-state index in [-0.39, 0.29) is 0 Å². The van der Waals surface area contributed by atoms with E-state index < -0.39 is 0 Å². The van der Waals surface area contributed by atoms with Crippen molar-refractivity contribution in [2.24, 2.45) is 0 Å². The lowest BCUT2D eigenvalue weighted by molar-refractivity contribution is 1.13. The fourth-order valence-electron chi connectivity index (χ4n) is 1.52. The summed E-state index contributed by atoms with van der Waals surface area (Å²) >= 11 is 0. The Balaban J connectivity index is 2.30. The number of aromatic nitrogens is 2. The first-order valence-electron chi connectivity index (χ1n) is 5.21. The van der Waals surface area contributed by atoms with E-state index in [9.17, 15) is 0 Å². The minimum atomic E-state index is 0.549. The lowest BCUT2D eigenvalue weighted by atomic mass is 10.1. The Kier molecular flexibility index (Phi) is 3.00. The van der Waals surface area contributed by atoms with Crippen LogP contribution in [-0.2, 0) is 6.42 Å². The zero-order valence-corrected chi connectivity index (χ0v) is 9.14. The topological polar surface area (TPSA) is 63.8 Å². The molecule has 0 fully saturated rings. The summed E-state index contributed by atoms with van der Waals surface area (Å²) in [6.07, 6.45) is 4.03. The fourth-order valence-corrected chi connectivity index (χ4v) is 1.52. The molecule has 0 spiro atoms. The third-order valence-electron chi connectivity index (χ3n) is 2.39. The Morgan fingerprint density at radius 1 is 1.31 bits per heavy atom. The Morgan fingerprint density at radius 3 is 2.88 bits per heavy atom. The van der Waals surface area contributed by atoms with Gasteiger partial charge in [-0.05, 0) is 18.1 Å². The summed E-state index contributed by atoms with van der Waals surface area (Å²) in [5, 5.41) is 3.22. The van der Waals surface area contributed by atoms with Gasteiger partial charge in [0.1, 0.15) is 6.33 Å². The fraction of sp³-hybridized carbons (Fsp3) is 0.167. The first-order chi connectivity index (χ1) is 7.81. The van der Waals surface area contributed by atoms with Gasteiger partial charge >= 0.3 is 0 Å². The number of aryl methyl sites for hydroxylation is 1. The smallest absolute Gasteiger partial charge is 0.157 e. The molecule has 16 heavy (non-hydrogen) atoms. The molecular weight excluding hydrogens is 200 g/mol. The lowest BCUT2D eigenvalue weighted by Gasteiger charge is -2.10. The van der Waals surface area contributed by atoms with Crippen molar-refractivity contribution in [1.29, 1.82) is 0 Å². The highest BCUT2D eigenvalue weighted by molar-refractivity contribution is 5.69. The largest absolute Gasteiger partial charge is 0.394 e. The van der Waals surface area contributed by atoms with Crippen molar-refractivity contribution in [2.75, 3.05) is 11.1 Å². The molecule has 0 saturated carbocycles. The van der Waals surface area contributed by atoms with Crippen LogP contribution in [0, 0.1) is 0 Å². The number of rotatable bonds is 3. The number of nitrogens with zero attached hydrogens (tertiary/aromatic N) is 2. The summed E-state index contributed by atoms with van der Waals surface area (Å²) < 4.78 is 0. The second kappa shape index (κ2) is 4.61. The number of nitrogens with two attached hydrogens (primary N) is 1. The number of anilines is 3. The van der Waals surface area contributed by atoms with Crippen LogP contribution in [0.4, 0.5) is 17.2 Å². The Morgan fingerprint density at radius 2 is 2.12 bits per heavy atom. The minimum Gasteiger partial charge on any atom is -0.394 e. The number of nitrogen functional groups attached to an aromatic ring is 1. The molecule has 1 heterocycles. The molecule has 0 saturated heterocycles. The van der Waals surface area contributed by atoms with Gasteiger partial charge in [0.2, 0.25) is 0 Å². The van der Waals surface area contributed by atoms with Crippen molar-refractivity contribution >= 4 is 17.2 Å². The van der Waals surface area contributed by atoms with Crippen molar-refractivity contribution in [1.82, 2.24) is 9.97 Å². The van der Waals surface area contributed by atoms with Crippen molar-refractivity contribution < 1.29 is 0 Å². The number of para-hydroxylation sites is 1. The highest BCUT2D eigenvalue weighted by Crippen LogP contribution is 2.22. The second-order valence-electron chi connectivity index (χ2n) is 3.46. The van der Waals surface area contributed by atoms with E-state index in [4.69, 9.17) is 5.73 Å². The average Bonchev–Trinajstić information content (AvgIpc) is 2.33. The summed E-state index contributed by atoms with van der Waals surface area (Å²) in [7, 11) is 0. The molecule has 0 amide bonds. The Bertz CT molecular complexity index is 482. The van der Waals surface area contributed by atoms with E-state index in [1.807, 2.05) is 18.2 Å². The quantitative estimate of drug-likeness (QED) is 0.823. The molecule has 0 aliphatic carbocycles. The lowest BCUT2D eigenvalue weighted by Crippen LogP contribution is -2.01. The van der Waals surface area contributed by atoms with Crippen molar-refractivity contribution in [3.05, 3.63) is 42.4 Å². The summed E-state index contributed by atoms with van der Waals surface area (Å²) in [5.41, 5.74) is 8.60. The standard InChI is InChI=1S/C12H14N4/c1-2-9-5-3-4-6-11(9)16-12-10(13)7-14-8-15-12/h3-8H,2,13H2,1H3,(H,14,15,16). The number of nitrogens with one attached hydrogen (secondary N) is 1. The predicted octanol–water partition coefficient (Wildman–Crippen LogP) is 2.36.